The summed E-state index contributed by atoms with van der Waals surface area (Å²) in [6, 6.07) is 9.64. The van der Waals surface area contributed by atoms with Crippen molar-refractivity contribution in [1.82, 2.24) is 5.32 Å². The second-order valence-electron chi connectivity index (χ2n) is 5.53. The molecule has 2 heteroatoms. The highest BCUT2D eigenvalue weighted by molar-refractivity contribution is 8.00. The molecule has 0 bridgehead atoms. The van der Waals surface area contributed by atoms with Crippen LogP contribution < -0.4 is 5.32 Å². The Balaban J connectivity index is 1.70. The summed E-state index contributed by atoms with van der Waals surface area (Å²) in [6.07, 6.45) is 7.97. The van der Waals surface area contributed by atoms with Crippen LogP contribution in [-0.2, 0) is 6.42 Å². The molecular formula is C17H27NS. The summed E-state index contributed by atoms with van der Waals surface area (Å²) in [4.78, 5) is 1.52. The molecule has 1 aromatic carbocycles. The van der Waals surface area contributed by atoms with Gasteiger partial charge < -0.3 is 5.32 Å². The molecule has 0 aromatic heterocycles. The first-order chi connectivity index (χ1) is 9.33. The van der Waals surface area contributed by atoms with E-state index in [0.717, 1.165) is 17.8 Å². The molecule has 106 valence electrons. The summed E-state index contributed by atoms with van der Waals surface area (Å²) >= 11 is 2.09. The fourth-order valence-corrected chi connectivity index (χ4v) is 4.36. The Morgan fingerprint density at radius 2 is 2.11 bits per heavy atom. The van der Waals surface area contributed by atoms with Crippen molar-refractivity contribution in [1.29, 1.82) is 0 Å². The largest absolute Gasteiger partial charge is 0.314 e. The summed E-state index contributed by atoms with van der Waals surface area (Å²) < 4.78 is 0. The van der Waals surface area contributed by atoms with E-state index in [-0.39, 0.29) is 0 Å². The van der Waals surface area contributed by atoms with Crippen molar-refractivity contribution in [3.05, 3.63) is 29.8 Å². The highest BCUT2D eigenvalue weighted by Gasteiger charge is 2.21. The van der Waals surface area contributed by atoms with Crippen molar-refractivity contribution < 1.29 is 0 Å². The van der Waals surface area contributed by atoms with E-state index < -0.39 is 0 Å². The number of fused-ring (bicyclic) bond motifs is 1. The zero-order chi connectivity index (χ0) is 13.5. The highest BCUT2D eigenvalue weighted by atomic mass is 32.2. The first-order valence-corrected chi connectivity index (χ1v) is 8.69. The molecule has 1 aliphatic rings. The molecular weight excluding hydrogens is 250 g/mol. The van der Waals surface area contributed by atoms with Gasteiger partial charge in [0.25, 0.3) is 0 Å². The molecule has 2 atom stereocenters. The monoisotopic (exact) mass is 277 g/mol. The molecule has 0 spiro atoms. The third-order valence-corrected chi connectivity index (χ3v) is 5.31. The quantitative estimate of drug-likeness (QED) is 0.742. The molecule has 0 saturated carbocycles. The number of thioether (sulfide) groups is 1. The van der Waals surface area contributed by atoms with Crippen molar-refractivity contribution in [3.63, 3.8) is 0 Å². The lowest BCUT2D eigenvalue weighted by Crippen LogP contribution is -2.28. The Morgan fingerprint density at radius 1 is 1.26 bits per heavy atom. The van der Waals surface area contributed by atoms with Crippen LogP contribution in [-0.4, -0.2) is 17.8 Å². The average molecular weight is 277 g/mol. The summed E-state index contributed by atoms with van der Waals surface area (Å²) in [5.41, 5.74) is 1.56. The Labute approximate surface area is 122 Å². The lowest BCUT2D eigenvalue weighted by molar-refractivity contribution is 0.440. The number of rotatable bonds is 8. The lowest BCUT2D eigenvalue weighted by Gasteiger charge is -2.17. The van der Waals surface area contributed by atoms with E-state index in [1.165, 1.54) is 43.4 Å². The molecule has 19 heavy (non-hydrogen) atoms. The normalized spacial score (nSPS) is 19.4. The van der Waals surface area contributed by atoms with Gasteiger partial charge in [0.15, 0.2) is 0 Å². The molecule has 0 saturated heterocycles. The van der Waals surface area contributed by atoms with Crippen LogP contribution in [0.15, 0.2) is 29.2 Å². The van der Waals surface area contributed by atoms with E-state index in [9.17, 15) is 0 Å². The molecule has 2 unspecified atom stereocenters. The minimum absolute atomic E-state index is 0.740. The first kappa shape index (κ1) is 14.9. The van der Waals surface area contributed by atoms with Crippen molar-refractivity contribution in [2.24, 2.45) is 0 Å². The lowest BCUT2D eigenvalue weighted by atomic mass is 10.0. The Bertz CT molecular complexity index is 346. The van der Waals surface area contributed by atoms with E-state index in [4.69, 9.17) is 0 Å². The van der Waals surface area contributed by atoms with Gasteiger partial charge >= 0.3 is 0 Å². The molecule has 0 fully saturated rings. The molecule has 0 amide bonds. The topological polar surface area (TPSA) is 12.0 Å². The van der Waals surface area contributed by atoms with Crippen molar-refractivity contribution in [2.75, 3.05) is 6.54 Å². The van der Waals surface area contributed by atoms with E-state index >= 15 is 0 Å². The maximum atomic E-state index is 3.62. The smallest absolute Gasteiger partial charge is 0.0135 e. The molecule has 0 radical (unpaired) electrons. The minimum atomic E-state index is 0.740. The van der Waals surface area contributed by atoms with E-state index in [1.807, 2.05) is 0 Å². The molecule has 1 N–H and O–H groups in total. The van der Waals surface area contributed by atoms with Crippen LogP contribution in [0, 0.1) is 0 Å². The summed E-state index contributed by atoms with van der Waals surface area (Å²) in [6.45, 7) is 5.61. The van der Waals surface area contributed by atoms with Gasteiger partial charge in [-0.25, -0.2) is 0 Å². The second-order valence-corrected chi connectivity index (χ2v) is 6.87. The SMILES string of the molecule is CCCC(CCCC1Cc2ccccc2S1)NCC. The predicted octanol–water partition coefficient (Wildman–Crippen LogP) is 4.65. The van der Waals surface area contributed by atoms with Gasteiger partial charge in [0.1, 0.15) is 0 Å². The van der Waals surface area contributed by atoms with Gasteiger partial charge in [0.05, 0.1) is 0 Å². The maximum absolute atomic E-state index is 3.62. The average Bonchev–Trinajstić information content (AvgIpc) is 2.82. The van der Waals surface area contributed by atoms with Gasteiger partial charge in [-0.1, -0.05) is 44.9 Å². The zero-order valence-corrected chi connectivity index (χ0v) is 13.1. The van der Waals surface area contributed by atoms with Crippen LogP contribution >= 0.6 is 11.8 Å². The van der Waals surface area contributed by atoms with Crippen LogP contribution in [0.3, 0.4) is 0 Å². The van der Waals surface area contributed by atoms with Gasteiger partial charge in [0, 0.05) is 16.2 Å². The van der Waals surface area contributed by atoms with Gasteiger partial charge in [0.2, 0.25) is 0 Å². The fourth-order valence-electron chi connectivity index (χ4n) is 2.99. The molecule has 2 rings (SSSR count). The van der Waals surface area contributed by atoms with Gasteiger partial charge in [-0.05, 0) is 43.9 Å². The third kappa shape index (κ3) is 4.54. The van der Waals surface area contributed by atoms with Crippen LogP contribution in [0.2, 0.25) is 0 Å². The van der Waals surface area contributed by atoms with E-state index in [1.54, 1.807) is 5.56 Å². The van der Waals surface area contributed by atoms with Crippen LogP contribution in [0.1, 0.15) is 51.5 Å². The van der Waals surface area contributed by atoms with E-state index in [2.05, 4.69) is 55.2 Å². The third-order valence-electron chi connectivity index (χ3n) is 3.92. The minimum Gasteiger partial charge on any atom is -0.314 e. The summed E-state index contributed by atoms with van der Waals surface area (Å²) in [5, 5.41) is 4.44. The fraction of sp³-hybridized carbons (Fsp3) is 0.647. The molecule has 1 nitrogen and oxygen atoms in total. The number of benzene rings is 1. The van der Waals surface area contributed by atoms with Gasteiger partial charge in [-0.2, -0.15) is 0 Å². The summed E-state index contributed by atoms with van der Waals surface area (Å²) in [7, 11) is 0. The number of nitrogens with one attached hydrogen (secondary N) is 1. The molecule has 0 aliphatic carbocycles. The van der Waals surface area contributed by atoms with Gasteiger partial charge in [-0.3, -0.25) is 0 Å². The second kappa shape index (κ2) is 7.96. The van der Waals surface area contributed by atoms with Crippen molar-refractivity contribution >= 4 is 11.8 Å². The number of hydrogen-bond donors (Lipinski definition) is 1. The van der Waals surface area contributed by atoms with E-state index in [0.29, 0.717) is 0 Å². The molecule has 1 aliphatic heterocycles. The zero-order valence-electron chi connectivity index (χ0n) is 12.3. The van der Waals surface area contributed by atoms with Crippen LogP contribution in [0.4, 0.5) is 0 Å². The maximum Gasteiger partial charge on any atom is 0.0135 e. The highest BCUT2D eigenvalue weighted by Crippen LogP contribution is 2.38. The molecule has 1 aromatic rings. The van der Waals surface area contributed by atoms with Crippen LogP contribution in [0.5, 0.6) is 0 Å². The predicted molar refractivity (Wildman–Crippen MR) is 86.0 cm³/mol. The Hall–Kier alpha value is -0.470. The molecule has 1 heterocycles. The standard InChI is InChI=1S/C17H27NS/c1-3-8-15(18-4-2)10-7-11-16-13-14-9-5-6-12-17(14)19-16/h5-6,9,12,15-16,18H,3-4,7-8,10-11,13H2,1-2H3. The Kier molecular flexibility index (Phi) is 6.25. The number of hydrogen-bond acceptors (Lipinski definition) is 2. The first-order valence-electron chi connectivity index (χ1n) is 7.81. The van der Waals surface area contributed by atoms with Crippen LogP contribution in [0.25, 0.3) is 0 Å². The summed E-state index contributed by atoms with van der Waals surface area (Å²) in [5.74, 6) is 0. The van der Waals surface area contributed by atoms with Gasteiger partial charge in [-0.15, -0.1) is 11.8 Å². The van der Waals surface area contributed by atoms with Crippen molar-refractivity contribution in [3.8, 4) is 0 Å². The van der Waals surface area contributed by atoms with Crippen molar-refractivity contribution in [2.45, 2.75) is 68.6 Å². The Morgan fingerprint density at radius 3 is 2.84 bits per heavy atom.